The molecule has 2 aliphatic rings. The summed E-state index contributed by atoms with van der Waals surface area (Å²) in [5, 5.41) is 6.80. The van der Waals surface area contributed by atoms with Gasteiger partial charge in [0.05, 0.1) is 23.5 Å². The van der Waals surface area contributed by atoms with E-state index in [1.807, 2.05) is 56.4 Å². The molecule has 4 heterocycles. The predicted molar refractivity (Wildman–Crippen MR) is 134 cm³/mol. The number of piperazine rings is 1. The Morgan fingerprint density at radius 1 is 0.853 bits per heavy atom. The summed E-state index contributed by atoms with van der Waals surface area (Å²) in [4.78, 5) is 33.2. The first-order valence-electron chi connectivity index (χ1n) is 12.1. The number of thiophene rings is 1. The lowest BCUT2D eigenvalue weighted by atomic mass is 10.1. The van der Waals surface area contributed by atoms with Crippen LogP contribution in [0.5, 0.6) is 0 Å². The number of hydrogen-bond acceptors (Lipinski definition) is 5. The standard InChI is InChI=1S/C26H31N5O2S/c32-24(29-11-5-2-6-12-29)20-28-13-15-30(16-14-28)26(33)22-19-31(18-21-8-3-1-4-9-21)27-25(22)23-10-7-17-34-23/h1,3-4,7-10,17,19H,2,5-6,11-16,18,20H2. The normalized spacial score (nSPS) is 17.2. The van der Waals surface area contributed by atoms with E-state index in [9.17, 15) is 9.59 Å². The molecular formula is C26H31N5O2S. The summed E-state index contributed by atoms with van der Waals surface area (Å²) in [5.74, 6) is 0.242. The van der Waals surface area contributed by atoms with Gasteiger partial charge in [-0.2, -0.15) is 5.10 Å². The van der Waals surface area contributed by atoms with E-state index in [0.29, 0.717) is 31.7 Å². The number of amides is 2. The van der Waals surface area contributed by atoms with Gasteiger partial charge in [-0.15, -0.1) is 11.3 Å². The highest BCUT2D eigenvalue weighted by molar-refractivity contribution is 7.13. The fraction of sp³-hybridized carbons (Fsp3) is 0.423. The van der Waals surface area contributed by atoms with Crippen LogP contribution in [0.1, 0.15) is 35.2 Å². The van der Waals surface area contributed by atoms with Crippen LogP contribution in [0.2, 0.25) is 0 Å². The van der Waals surface area contributed by atoms with E-state index >= 15 is 0 Å². The van der Waals surface area contributed by atoms with Crippen molar-refractivity contribution in [3.63, 3.8) is 0 Å². The van der Waals surface area contributed by atoms with Crippen molar-refractivity contribution in [2.24, 2.45) is 0 Å². The molecule has 2 amide bonds. The minimum Gasteiger partial charge on any atom is -0.342 e. The van der Waals surface area contributed by atoms with E-state index in [2.05, 4.69) is 17.0 Å². The lowest BCUT2D eigenvalue weighted by Gasteiger charge is -2.36. The van der Waals surface area contributed by atoms with E-state index < -0.39 is 0 Å². The van der Waals surface area contributed by atoms with Gasteiger partial charge in [-0.25, -0.2) is 0 Å². The van der Waals surface area contributed by atoms with E-state index in [-0.39, 0.29) is 11.8 Å². The van der Waals surface area contributed by atoms with Crippen LogP contribution in [-0.2, 0) is 11.3 Å². The summed E-state index contributed by atoms with van der Waals surface area (Å²) >= 11 is 1.60. The van der Waals surface area contributed by atoms with Crippen molar-refractivity contribution < 1.29 is 9.59 Å². The van der Waals surface area contributed by atoms with Gasteiger partial charge in [0.2, 0.25) is 5.91 Å². The zero-order valence-corrected chi connectivity index (χ0v) is 20.3. The molecule has 7 nitrogen and oxygen atoms in total. The second kappa shape index (κ2) is 10.5. The fourth-order valence-corrected chi connectivity index (χ4v) is 5.46. The highest BCUT2D eigenvalue weighted by Gasteiger charge is 2.28. The number of piperidine rings is 1. The highest BCUT2D eigenvalue weighted by Crippen LogP contribution is 2.28. The molecule has 34 heavy (non-hydrogen) atoms. The zero-order chi connectivity index (χ0) is 23.3. The number of aromatic nitrogens is 2. The van der Waals surface area contributed by atoms with Gasteiger partial charge < -0.3 is 9.80 Å². The van der Waals surface area contributed by atoms with Gasteiger partial charge in [0.15, 0.2) is 0 Å². The Kier molecular flexibility index (Phi) is 7.06. The minimum atomic E-state index is 0.0183. The van der Waals surface area contributed by atoms with Gasteiger partial charge in [0, 0.05) is 45.5 Å². The smallest absolute Gasteiger partial charge is 0.257 e. The first-order chi connectivity index (χ1) is 16.7. The number of rotatable bonds is 6. The molecule has 3 aromatic rings. The molecule has 0 unspecified atom stereocenters. The van der Waals surface area contributed by atoms with Gasteiger partial charge in [-0.05, 0) is 36.3 Å². The molecular weight excluding hydrogens is 446 g/mol. The maximum absolute atomic E-state index is 13.5. The zero-order valence-electron chi connectivity index (χ0n) is 19.4. The van der Waals surface area contributed by atoms with E-state index in [1.165, 1.54) is 6.42 Å². The third-order valence-corrected chi connectivity index (χ3v) is 7.54. The summed E-state index contributed by atoms with van der Waals surface area (Å²) in [6.07, 6.45) is 5.33. The van der Waals surface area contributed by atoms with Crippen LogP contribution in [0.3, 0.4) is 0 Å². The molecule has 2 saturated heterocycles. The molecule has 0 bridgehead atoms. The number of carbonyl (C=O) groups is 2. The Hall–Kier alpha value is -2.97. The maximum Gasteiger partial charge on any atom is 0.257 e. The molecule has 0 saturated carbocycles. The summed E-state index contributed by atoms with van der Waals surface area (Å²) < 4.78 is 1.87. The lowest BCUT2D eigenvalue weighted by molar-refractivity contribution is -0.133. The molecule has 178 valence electrons. The Morgan fingerprint density at radius 3 is 2.32 bits per heavy atom. The van der Waals surface area contributed by atoms with Crippen LogP contribution >= 0.6 is 11.3 Å². The molecule has 0 aliphatic carbocycles. The Morgan fingerprint density at radius 2 is 1.62 bits per heavy atom. The van der Waals surface area contributed by atoms with Crippen molar-refractivity contribution in [1.82, 2.24) is 24.5 Å². The van der Waals surface area contributed by atoms with Gasteiger partial charge in [0.1, 0.15) is 5.69 Å². The molecule has 1 aromatic carbocycles. The average Bonchev–Trinajstić information content (AvgIpc) is 3.55. The van der Waals surface area contributed by atoms with Crippen molar-refractivity contribution in [2.75, 3.05) is 45.8 Å². The Balaban J connectivity index is 1.25. The molecule has 0 N–H and O–H groups in total. The first-order valence-corrected chi connectivity index (χ1v) is 13.0. The van der Waals surface area contributed by atoms with Crippen molar-refractivity contribution >= 4 is 23.2 Å². The van der Waals surface area contributed by atoms with Crippen molar-refractivity contribution in [2.45, 2.75) is 25.8 Å². The second-order valence-electron chi connectivity index (χ2n) is 9.06. The van der Waals surface area contributed by atoms with Crippen LogP contribution < -0.4 is 0 Å². The van der Waals surface area contributed by atoms with Crippen LogP contribution in [0.4, 0.5) is 0 Å². The number of benzene rings is 1. The van der Waals surface area contributed by atoms with Crippen LogP contribution in [-0.4, -0.2) is 82.1 Å². The van der Waals surface area contributed by atoms with Crippen molar-refractivity contribution in [3.8, 4) is 10.6 Å². The summed E-state index contributed by atoms with van der Waals surface area (Å²) in [6.45, 7) is 5.54. The summed E-state index contributed by atoms with van der Waals surface area (Å²) in [5.41, 5.74) is 2.54. The Bertz CT molecular complexity index is 1100. The molecule has 0 radical (unpaired) electrons. The molecule has 2 aliphatic heterocycles. The molecule has 0 spiro atoms. The molecule has 2 fully saturated rings. The SMILES string of the molecule is O=C(CN1CCN(C(=O)c2cn(Cc3ccccc3)nc2-c2cccs2)CC1)N1CCCCC1. The van der Waals surface area contributed by atoms with Crippen molar-refractivity contribution in [1.29, 1.82) is 0 Å². The monoisotopic (exact) mass is 477 g/mol. The highest BCUT2D eigenvalue weighted by atomic mass is 32.1. The van der Waals surface area contributed by atoms with Crippen LogP contribution in [0.25, 0.3) is 10.6 Å². The van der Waals surface area contributed by atoms with Gasteiger partial charge in [-0.3, -0.25) is 19.2 Å². The van der Waals surface area contributed by atoms with Crippen LogP contribution in [0.15, 0.2) is 54.0 Å². The Labute approximate surface area is 204 Å². The first kappa shape index (κ1) is 22.8. The van der Waals surface area contributed by atoms with Crippen LogP contribution in [0, 0.1) is 0 Å². The van der Waals surface area contributed by atoms with Gasteiger partial charge in [0.25, 0.3) is 5.91 Å². The maximum atomic E-state index is 13.5. The lowest BCUT2D eigenvalue weighted by Crippen LogP contribution is -2.52. The molecule has 8 heteroatoms. The fourth-order valence-electron chi connectivity index (χ4n) is 4.74. The quantitative estimate of drug-likeness (QED) is 0.546. The third kappa shape index (κ3) is 5.23. The predicted octanol–water partition coefficient (Wildman–Crippen LogP) is 3.43. The molecule has 0 atom stereocenters. The van der Waals surface area contributed by atoms with E-state index in [1.54, 1.807) is 11.3 Å². The van der Waals surface area contributed by atoms with Gasteiger partial charge in [-0.1, -0.05) is 36.4 Å². The van der Waals surface area contributed by atoms with Crippen molar-refractivity contribution in [3.05, 3.63) is 65.2 Å². The number of hydrogen-bond donors (Lipinski definition) is 0. The molecule has 2 aromatic heterocycles. The largest absolute Gasteiger partial charge is 0.342 e. The summed E-state index contributed by atoms with van der Waals surface area (Å²) in [6, 6.07) is 14.2. The number of carbonyl (C=O) groups excluding carboxylic acids is 2. The van der Waals surface area contributed by atoms with Gasteiger partial charge >= 0.3 is 0 Å². The number of likely N-dealkylation sites (tertiary alicyclic amines) is 1. The third-order valence-electron chi connectivity index (χ3n) is 6.66. The topological polar surface area (TPSA) is 61.7 Å². The second-order valence-corrected chi connectivity index (χ2v) is 10.0. The van der Waals surface area contributed by atoms with E-state index in [4.69, 9.17) is 5.10 Å². The summed E-state index contributed by atoms with van der Waals surface area (Å²) in [7, 11) is 0. The molecule has 5 rings (SSSR count). The average molecular weight is 478 g/mol. The van der Waals surface area contributed by atoms with E-state index in [0.717, 1.165) is 55.2 Å². The minimum absolute atomic E-state index is 0.0183. The number of nitrogens with zero attached hydrogens (tertiary/aromatic N) is 5.